The van der Waals surface area contributed by atoms with Gasteiger partial charge in [-0.15, -0.1) is 0 Å². The number of methoxy groups -OCH3 is 1. The highest BCUT2D eigenvalue weighted by Gasteiger charge is 2.12. The molecule has 0 saturated carbocycles. The number of rotatable bonds is 3. The third-order valence-corrected chi connectivity index (χ3v) is 2.82. The van der Waals surface area contributed by atoms with Gasteiger partial charge in [-0.1, -0.05) is 23.2 Å². The van der Waals surface area contributed by atoms with Gasteiger partial charge in [0, 0.05) is 11.1 Å². The summed E-state index contributed by atoms with van der Waals surface area (Å²) in [5, 5.41) is 9.14. The zero-order valence-corrected chi connectivity index (χ0v) is 11.2. The average Bonchev–Trinajstić information content (AvgIpc) is 2.31. The lowest BCUT2D eigenvalue weighted by Crippen LogP contribution is -2.02. The van der Waals surface area contributed by atoms with Gasteiger partial charge in [0.25, 0.3) is 0 Å². The molecular weight excluding hydrogens is 279 g/mol. The largest absolute Gasteiger partial charge is 0.478 e. The van der Waals surface area contributed by atoms with Crippen molar-refractivity contribution in [2.75, 3.05) is 7.11 Å². The fraction of sp³-hybridized carbons (Fsp3) is 0.167. The quantitative estimate of drug-likeness (QED) is 0.685. The van der Waals surface area contributed by atoms with Crippen molar-refractivity contribution in [3.05, 3.63) is 38.9 Å². The van der Waals surface area contributed by atoms with Crippen LogP contribution in [0.25, 0.3) is 6.08 Å². The summed E-state index contributed by atoms with van der Waals surface area (Å²) >= 11 is 11.9. The van der Waals surface area contributed by atoms with Crippen molar-refractivity contribution in [3.63, 3.8) is 0 Å². The second-order valence-electron chi connectivity index (χ2n) is 3.48. The minimum atomic E-state index is -1.13. The Labute approximate surface area is 114 Å². The number of halogens is 2. The van der Waals surface area contributed by atoms with Crippen LogP contribution in [-0.2, 0) is 9.53 Å². The molecule has 18 heavy (non-hydrogen) atoms. The van der Waals surface area contributed by atoms with Crippen molar-refractivity contribution < 1.29 is 19.4 Å². The van der Waals surface area contributed by atoms with E-state index in [-0.39, 0.29) is 15.6 Å². The number of hydrogen-bond donors (Lipinski definition) is 1. The Balaban J connectivity index is 3.27. The van der Waals surface area contributed by atoms with Crippen LogP contribution in [-0.4, -0.2) is 24.2 Å². The highest BCUT2D eigenvalue weighted by atomic mass is 35.5. The first-order valence-corrected chi connectivity index (χ1v) is 5.61. The first-order chi connectivity index (χ1) is 8.36. The summed E-state index contributed by atoms with van der Waals surface area (Å²) in [4.78, 5) is 22.0. The monoisotopic (exact) mass is 288 g/mol. The van der Waals surface area contributed by atoms with E-state index < -0.39 is 11.9 Å². The summed E-state index contributed by atoms with van der Waals surface area (Å²) in [5.41, 5.74) is 0.675. The summed E-state index contributed by atoms with van der Waals surface area (Å²) < 4.78 is 4.54. The lowest BCUT2D eigenvalue weighted by Gasteiger charge is -2.05. The van der Waals surface area contributed by atoms with Gasteiger partial charge in [-0.2, -0.15) is 0 Å². The summed E-state index contributed by atoms with van der Waals surface area (Å²) in [6.45, 7) is 1.55. The van der Waals surface area contributed by atoms with Crippen molar-refractivity contribution in [1.29, 1.82) is 0 Å². The molecule has 0 aromatic heterocycles. The van der Waals surface area contributed by atoms with Crippen LogP contribution in [0.4, 0.5) is 0 Å². The highest BCUT2D eigenvalue weighted by molar-refractivity contribution is 6.37. The summed E-state index contributed by atoms with van der Waals surface area (Å²) in [6.07, 6.45) is 1.45. The maximum absolute atomic E-state index is 11.2. The molecule has 0 radical (unpaired) electrons. The van der Waals surface area contributed by atoms with Gasteiger partial charge in [0.05, 0.1) is 22.7 Å². The Hall–Kier alpha value is -1.52. The zero-order chi connectivity index (χ0) is 13.9. The van der Waals surface area contributed by atoms with Crippen molar-refractivity contribution in [1.82, 2.24) is 0 Å². The van der Waals surface area contributed by atoms with Gasteiger partial charge < -0.3 is 9.84 Å². The predicted octanol–water partition coefficient (Wildman–Crippen LogP) is 3.27. The number of carbonyl (C=O) groups is 2. The summed E-state index contributed by atoms with van der Waals surface area (Å²) in [5.74, 6) is -1.64. The summed E-state index contributed by atoms with van der Waals surface area (Å²) in [6, 6.07) is 2.54. The Kier molecular flexibility index (Phi) is 4.76. The van der Waals surface area contributed by atoms with E-state index in [2.05, 4.69) is 4.74 Å². The minimum absolute atomic E-state index is 0.0159. The Morgan fingerprint density at radius 2 is 1.78 bits per heavy atom. The van der Waals surface area contributed by atoms with Gasteiger partial charge in [-0.3, -0.25) is 0 Å². The second kappa shape index (κ2) is 5.89. The maximum Gasteiger partial charge on any atom is 0.335 e. The molecule has 1 aromatic rings. The molecule has 0 unspecified atom stereocenters. The fourth-order valence-corrected chi connectivity index (χ4v) is 1.88. The van der Waals surface area contributed by atoms with Gasteiger partial charge in [0.15, 0.2) is 0 Å². The van der Waals surface area contributed by atoms with E-state index in [1.54, 1.807) is 6.92 Å². The van der Waals surface area contributed by atoms with Crippen LogP contribution in [0.1, 0.15) is 22.8 Å². The molecule has 0 amide bonds. The molecule has 0 atom stereocenters. The van der Waals surface area contributed by atoms with E-state index in [1.165, 1.54) is 25.3 Å². The van der Waals surface area contributed by atoms with Crippen molar-refractivity contribution >= 4 is 41.2 Å². The average molecular weight is 289 g/mol. The number of benzene rings is 1. The van der Waals surface area contributed by atoms with E-state index in [0.717, 1.165) is 0 Å². The fourth-order valence-electron chi connectivity index (χ4n) is 1.28. The van der Waals surface area contributed by atoms with Gasteiger partial charge >= 0.3 is 11.9 Å². The van der Waals surface area contributed by atoms with Crippen LogP contribution >= 0.6 is 23.2 Å². The van der Waals surface area contributed by atoms with E-state index in [0.29, 0.717) is 11.1 Å². The highest BCUT2D eigenvalue weighted by Crippen LogP contribution is 2.29. The molecule has 96 valence electrons. The lowest BCUT2D eigenvalue weighted by molar-refractivity contribution is -0.135. The number of aromatic carboxylic acids is 1. The van der Waals surface area contributed by atoms with E-state index >= 15 is 0 Å². The van der Waals surface area contributed by atoms with E-state index in [9.17, 15) is 9.59 Å². The van der Waals surface area contributed by atoms with Crippen LogP contribution in [0.5, 0.6) is 0 Å². The van der Waals surface area contributed by atoms with Crippen LogP contribution in [0.2, 0.25) is 10.0 Å². The first-order valence-electron chi connectivity index (χ1n) is 4.85. The number of carboxylic acids is 1. The Morgan fingerprint density at radius 3 is 2.17 bits per heavy atom. The molecule has 0 aliphatic rings. The van der Waals surface area contributed by atoms with Crippen LogP contribution in [0, 0.1) is 0 Å². The number of carbonyl (C=O) groups excluding carboxylic acids is 1. The standard InChI is InChI=1S/C12H10Cl2O4/c1-6(12(17)18-2)3-8-9(13)4-7(11(15)16)5-10(8)14/h3-5H,1-2H3,(H,15,16)/b6-3+. The smallest absolute Gasteiger partial charge is 0.335 e. The molecule has 1 aromatic carbocycles. The second-order valence-corrected chi connectivity index (χ2v) is 4.29. The van der Waals surface area contributed by atoms with E-state index in [4.69, 9.17) is 28.3 Å². The number of ether oxygens (including phenoxy) is 1. The summed E-state index contributed by atoms with van der Waals surface area (Å²) in [7, 11) is 1.26. The van der Waals surface area contributed by atoms with Crippen LogP contribution in [0.3, 0.4) is 0 Å². The maximum atomic E-state index is 11.2. The molecule has 1 rings (SSSR count). The Bertz CT molecular complexity index is 512. The van der Waals surface area contributed by atoms with Crippen molar-refractivity contribution in [2.24, 2.45) is 0 Å². The minimum Gasteiger partial charge on any atom is -0.478 e. The van der Waals surface area contributed by atoms with Gasteiger partial charge in [0.1, 0.15) is 0 Å². The third kappa shape index (κ3) is 3.24. The molecule has 0 saturated heterocycles. The van der Waals surface area contributed by atoms with Crippen molar-refractivity contribution in [2.45, 2.75) is 6.92 Å². The number of hydrogen-bond acceptors (Lipinski definition) is 3. The predicted molar refractivity (Wildman–Crippen MR) is 69.1 cm³/mol. The zero-order valence-electron chi connectivity index (χ0n) is 9.66. The molecule has 0 aliphatic heterocycles. The molecule has 0 fully saturated rings. The number of esters is 1. The van der Waals surface area contributed by atoms with Gasteiger partial charge in [-0.25, -0.2) is 9.59 Å². The normalized spacial score (nSPS) is 11.2. The van der Waals surface area contributed by atoms with Gasteiger partial charge in [0.2, 0.25) is 0 Å². The third-order valence-electron chi connectivity index (χ3n) is 2.19. The molecule has 6 heteroatoms. The molecular formula is C12H10Cl2O4. The first kappa shape index (κ1) is 14.5. The van der Waals surface area contributed by atoms with Crippen LogP contribution in [0.15, 0.2) is 17.7 Å². The molecule has 0 bridgehead atoms. The van der Waals surface area contributed by atoms with Crippen LogP contribution < -0.4 is 0 Å². The lowest BCUT2D eigenvalue weighted by atomic mass is 10.1. The molecule has 0 heterocycles. The van der Waals surface area contributed by atoms with Crippen molar-refractivity contribution in [3.8, 4) is 0 Å². The number of carboxylic acid groups (broad SMARTS) is 1. The van der Waals surface area contributed by atoms with Gasteiger partial charge in [-0.05, 0) is 25.1 Å². The molecule has 1 N–H and O–H groups in total. The molecule has 0 aliphatic carbocycles. The SMILES string of the molecule is COC(=O)/C(C)=C/c1c(Cl)cc(C(=O)O)cc1Cl. The topological polar surface area (TPSA) is 63.6 Å². The molecule has 0 spiro atoms. The molecule has 4 nitrogen and oxygen atoms in total. The van der Waals surface area contributed by atoms with E-state index in [1.807, 2.05) is 0 Å². The Morgan fingerprint density at radius 1 is 1.28 bits per heavy atom.